The Bertz CT molecular complexity index is 949. The summed E-state index contributed by atoms with van der Waals surface area (Å²) in [5, 5.41) is 12.3. The minimum atomic E-state index is -0.327. The van der Waals surface area contributed by atoms with Crippen molar-refractivity contribution in [2.45, 2.75) is 19.5 Å². The van der Waals surface area contributed by atoms with Gasteiger partial charge < -0.3 is 15.1 Å². The number of nitriles is 1. The van der Waals surface area contributed by atoms with Crippen LogP contribution in [0.4, 0.5) is 5.69 Å². The molecule has 6 nitrogen and oxygen atoms in total. The molecule has 2 aromatic carbocycles. The highest BCUT2D eigenvalue weighted by Gasteiger charge is 2.32. The average molecular weight is 360 g/mol. The van der Waals surface area contributed by atoms with Crippen LogP contribution in [-0.2, 0) is 22.7 Å². The molecular formula is C21H20N4O2. The molecule has 0 radical (unpaired) electrons. The molecular weight excluding hydrogens is 340 g/mol. The summed E-state index contributed by atoms with van der Waals surface area (Å²) in [6.07, 6.45) is 2.46. The van der Waals surface area contributed by atoms with Crippen LogP contribution in [0.25, 0.3) is 11.1 Å². The molecule has 2 amide bonds. The SMILES string of the molecule is CN1CC(C(=O)Nc2cc3c(c(-c4ccccc4)c2)CN(C#N)C3)CC1=O. The third-order valence-corrected chi connectivity index (χ3v) is 5.26. The smallest absolute Gasteiger partial charge is 0.229 e. The molecule has 0 saturated carbocycles. The predicted molar refractivity (Wildman–Crippen MR) is 101 cm³/mol. The summed E-state index contributed by atoms with van der Waals surface area (Å²) >= 11 is 0. The highest BCUT2D eigenvalue weighted by molar-refractivity contribution is 5.97. The molecule has 1 fully saturated rings. The van der Waals surface area contributed by atoms with Gasteiger partial charge in [0.2, 0.25) is 11.8 Å². The highest BCUT2D eigenvalue weighted by Crippen LogP contribution is 2.35. The van der Waals surface area contributed by atoms with Crippen LogP contribution in [-0.4, -0.2) is 35.2 Å². The van der Waals surface area contributed by atoms with Gasteiger partial charge in [0.15, 0.2) is 6.19 Å². The number of amides is 2. The van der Waals surface area contributed by atoms with Crippen LogP contribution in [0.5, 0.6) is 0 Å². The molecule has 2 aromatic rings. The molecule has 0 aliphatic carbocycles. The Balaban J connectivity index is 1.66. The second-order valence-corrected chi connectivity index (χ2v) is 7.15. The van der Waals surface area contributed by atoms with Crippen LogP contribution < -0.4 is 5.32 Å². The number of carbonyl (C=O) groups excluding carboxylic acids is 2. The number of hydrogen-bond acceptors (Lipinski definition) is 4. The third kappa shape index (κ3) is 3.24. The summed E-state index contributed by atoms with van der Waals surface area (Å²) < 4.78 is 0. The zero-order valence-corrected chi connectivity index (χ0v) is 15.1. The normalized spacial score (nSPS) is 18.4. The Morgan fingerprint density at radius 2 is 2.00 bits per heavy atom. The monoisotopic (exact) mass is 360 g/mol. The van der Waals surface area contributed by atoms with Gasteiger partial charge in [-0.3, -0.25) is 9.59 Å². The van der Waals surface area contributed by atoms with Crippen molar-refractivity contribution in [3.63, 3.8) is 0 Å². The van der Waals surface area contributed by atoms with Gasteiger partial charge in [0.05, 0.1) is 19.0 Å². The zero-order valence-electron chi connectivity index (χ0n) is 15.1. The minimum absolute atomic E-state index is 0.00117. The van der Waals surface area contributed by atoms with E-state index in [4.69, 9.17) is 0 Å². The lowest BCUT2D eigenvalue weighted by Crippen LogP contribution is -2.25. The molecule has 27 heavy (non-hydrogen) atoms. The zero-order chi connectivity index (χ0) is 19.0. The fraction of sp³-hybridized carbons (Fsp3) is 0.286. The van der Waals surface area contributed by atoms with Crippen LogP contribution in [0.2, 0.25) is 0 Å². The maximum atomic E-state index is 12.6. The number of fused-ring (bicyclic) bond motifs is 1. The van der Waals surface area contributed by atoms with Crippen LogP contribution in [0.15, 0.2) is 42.5 Å². The van der Waals surface area contributed by atoms with Crippen LogP contribution in [0, 0.1) is 17.4 Å². The minimum Gasteiger partial charge on any atom is -0.345 e. The molecule has 1 saturated heterocycles. The quantitative estimate of drug-likeness (QED) is 0.854. The second kappa shape index (κ2) is 6.76. The molecule has 0 bridgehead atoms. The van der Waals surface area contributed by atoms with Crippen molar-refractivity contribution in [1.82, 2.24) is 9.80 Å². The van der Waals surface area contributed by atoms with Crippen LogP contribution in [0.1, 0.15) is 17.5 Å². The molecule has 1 N–H and O–H groups in total. The maximum Gasteiger partial charge on any atom is 0.229 e. The topological polar surface area (TPSA) is 76.4 Å². The molecule has 0 spiro atoms. The summed E-state index contributed by atoms with van der Waals surface area (Å²) in [6, 6.07) is 13.9. The number of likely N-dealkylation sites (tertiary alicyclic amines) is 1. The van der Waals surface area contributed by atoms with Crippen molar-refractivity contribution >= 4 is 17.5 Å². The van der Waals surface area contributed by atoms with E-state index in [9.17, 15) is 14.9 Å². The van der Waals surface area contributed by atoms with E-state index < -0.39 is 0 Å². The van der Waals surface area contributed by atoms with Crippen molar-refractivity contribution in [3.8, 4) is 17.3 Å². The van der Waals surface area contributed by atoms with E-state index in [-0.39, 0.29) is 24.2 Å². The van der Waals surface area contributed by atoms with Crippen molar-refractivity contribution in [2.75, 3.05) is 18.9 Å². The third-order valence-electron chi connectivity index (χ3n) is 5.26. The van der Waals surface area contributed by atoms with Gasteiger partial charge in [-0.15, -0.1) is 0 Å². The summed E-state index contributed by atoms with van der Waals surface area (Å²) in [7, 11) is 1.72. The first-order valence-electron chi connectivity index (χ1n) is 8.96. The van der Waals surface area contributed by atoms with E-state index in [0.717, 1.165) is 22.3 Å². The van der Waals surface area contributed by atoms with E-state index >= 15 is 0 Å². The number of hydrogen-bond donors (Lipinski definition) is 1. The molecule has 2 heterocycles. The number of nitrogens with zero attached hydrogens (tertiary/aromatic N) is 3. The summed E-state index contributed by atoms with van der Waals surface area (Å²) in [4.78, 5) is 27.6. The molecule has 6 heteroatoms. The Hall–Kier alpha value is -3.33. The molecule has 1 unspecified atom stereocenters. The van der Waals surface area contributed by atoms with Crippen LogP contribution >= 0.6 is 0 Å². The molecule has 2 aliphatic rings. The van der Waals surface area contributed by atoms with Crippen molar-refractivity contribution in [3.05, 3.63) is 53.6 Å². The molecule has 2 aliphatic heterocycles. The van der Waals surface area contributed by atoms with Crippen molar-refractivity contribution in [2.24, 2.45) is 5.92 Å². The Morgan fingerprint density at radius 1 is 1.22 bits per heavy atom. The number of rotatable bonds is 3. The van der Waals surface area contributed by atoms with E-state index in [1.54, 1.807) is 16.8 Å². The average Bonchev–Trinajstić information content (AvgIpc) is 3.25. The van der Waals surface area contributed by atoms with Crippen molar-refractivity contribution in [1.29, 1.82) is 5.26 Å². The fourth-order valence-electron chi connectivity index (χ4n) is 3.81. The van der Waals surface area contributed by atoms with E-state index in [1.165, 1.54) is 0 Å². The van der Waals surface area contributed by atoms with Gasteiger partial charge in [0, 0.05) is 25.7 Å². The van der Waals surface area contributed by atoms with Crippen molar-refractivity contribution < 1.29 is 9.59 Å². The second-order valence-electron chi connectivity index (χ2n) is 7.15. The summed E-state index contributed by atoms with van der Waals surface area (Å²) in [5.41, 5.74) is 4.96. The van der Waals surface area contributed by atoms with Gasteiger partial charge in [-0.25, -0.2) is 0 Å². The number of benzene rings is 2. The first kappa shape index (κ1) is 17.1. The number of anilines is 1. The number of carbonyl (C=O) groups is 2. The Labute approximate surface area is 158 Å². The van der Waals surface area contributed by atoms with Gasteiger partial charge in [-0.1, -0.05) is 30.3 Å². The Kier molecular flexibility index (Phi) is 4.28. The van der Waals surface area contributed by atoms with Crippen LogP contribution in [0.3, 0.4) is 0 Å². The highest BCUT2D eigenvalue weighted by atomic mass is 16.2. The molecule has 1 atom stereocenters. The lowest BCUT2D eigenvalue weighted by Gasteiger charge is -2.15. The maximum absolute atomic E-state index is 12.6. The number of nitrogens with one attached hydrogen (secondary N) is 1. The molecule has 136 valence electrons. The van der Waals surface area contributed by atoms with E-state index in [2.05, 4.69) is 11.5 Å². The summed E-state index contributed by atoms with van der Waals surface area (Å²) in [6.45, 7) is 1.57. The van der Waals surface area contributed by atoms with E-state index in [0.29, 0.717) is 25.3 Å². The van der Waals surface area contributed by atoms with Gasteiger partial charge in [0.25, 0.3) is 0 Å². The fourth-order valence-corrected chi connectivity index (χ4v) is 3.81. The lowest BCUT2D eigenvalue weighted by molar-refractivity contribution is -0.127. The standard InChI is InChI=1S/C21H20N4O2/c1-24-10-16(8-20(24)26)21(27)23-17-7-15-11-25(13-22)12-19(15)18(9-17)14-5-3-2-4-6-14/h2-7,9,16H,8,10-12H2,1H3,(H,23,27). The molecule has 0 aromatic heterocycles. The lowest BCUT2D eigenvalue weighted by atomic mass is 9.96. The van der Waals surface area contributed by atoms with Gasteiger partial charge in [-0.2, -0.15) is 5.26 Å². The predicted octanol–water partition coefficient (Wildman–Crippen LogP) is 2.57. The largest absolute Gasteiger partial charge is 0.345 e. The van der Waals surface area contributed by atoms with Gasteiger partial charge in [-0.05, 0) is 34.4 Å². The first-order valence-corrected chi connectivity index (χ1v) is 8.96. The molecule has 4 rings (SSSR count). The first-order chi connectivity index (χ1) is 13.0. The van der Waals surface area contributed by atoms with Gasteiger partial charge >= 0.3 is 0 Å². The van der Waals surface area contributed by atoms with Gasteiger partial charge in [0.1, 0.15) is 0 Å². The summed E-state index contributed by atoms with van der Waals surface area (Å²) in [5.74, 6) is -0.466. The van der Waals surface area contributed by atoms with E-state index in [1.807, 2.05) is 42.5 Å². The Morgan fingerprint density at radius 3 is 2.67 bits per heavy atom.